The van der Waals surface area contributed by atoms with Gasteiger partial charge in [-0.25, -0.2) is 0 Å². The number of rotatable bonds is 15. The number of hydrogen-bond acceptors (Lipinski definition) is 2. The van der Waals surface area contributed by atoms with Crippen LogP contribution in [-0.4, -0.2) is 29.6 Å². The molecule has 0 fully saturated rings. The minimum absolute atomic E-state index is 1.09. The van der Waals surface area contributed by atoms with Gasteiger partial charge in [-0.3, -0.25) is 0 Å². The molecule has 0 aromatic rings. The summed E-state index contributed by atoms with van der Waals surface area (Å²) in [6.45, 7) is 16.8. The van der Waals surface area contributed by atoms with Crippen LogP contribution in [0.25, 0.3) is 0 Å². The van der Waals surface area contributed by atoms with Crippen LogP contribution in [-0.2, 0) is 0 Å². The third-order valence-corrected chi connectivity index (χ3v) is 16.3. The molecular formula is C18H44N2Si2. The summed E-state index contributed by atoms with van der Waals surface area (Å²) >= 11 is 0. The van der Waals surface area contributed by atoms with E-state index in [-0.39, 0.29) is 0 Å². The topological polar surface area (TPSA) is 24.1 Å². The van der Waals surface area contributed by atoms with Gasteiger partial charge >= 0.3 is 0 Å². The van der Waals surface area contributed by atoms with E-state index in [1.807, 2.05) is 0 Å². The van der Waals surface area contributed by atoms with Crippen molar-refractivity contribution in [2.24, 2.45) is 0 Å². The van der Waals surface area contributed by atoms with Crippen molar-refractivity contribution >= 4 is 16.5 Å². The molecule has 22 heavy (non-hydrogen) atoms. The van der Waals surface area contributed by atoms with E-state index in [1.54, 1.807) is 0 Å². The van der Waals surface area contributed by atoms with Crippen molar-refractivity contribution in [3.05, 3.63) is 0 Å². The fourth-order valence-corrected chi connectivity index (χ4v) is 9.47. The smallest absolute Gasteiger partial charge is 0.124 e. The van der Waals surface area contributed by atoms with E-state index in [0.717, 1.165) is 0 Å². The molecule has 0 aliphatic rings. The van der Waals surface area contributed by atoms with Crippen molar-refractivity contribution in [3.8, 4) is 0 Å². The Kier molecular flexibility index (Phi) is 12.9. The quantitative estimate of drug-likeness (QED) is 0.292. The molecule has 0 amide bonds. The second-order valence-electron chi connectivity index (χ2n) is 6.95. The maximum atomic E-state index is 3.95. The SMILES string of the molecule is CC[Si](CC)(CC)NCCCCCCN[Si](CC)(CC)CC. The number of nitrogens with one attached hydrogen (secondary N) is 2. The molecule has 0 unspecified atom stereocenters. The van der Waals surface area contributed by atoms with E-state index >= 15 is 0 Å². The average Bonchev–Trinajstić information content (AvgIpc) is 2.58. The van der Waals surface area contributed by atoms with Gasteiger partial charge < -0.3 is 9.96 Å². The van der Waals surface area contributed by atoms with Gasteiger partial charge in [0.1, 0.15) is 16.5 Å². The van der Waals surface area contributed by atoms with Gasteiger partial charge in [-0.2, -0.15) is 0 Å². The Bertz CT molecular complexity index is 209. The highest BCUT2D eigenvalue weighted by atomic mass is 28.3. The van der Waals surface area contributed by atoms with Crippen LogP contribution in [0.3, 0.4) is 0 Å². The molecule has 0 spiro atoms. The van der Waals surface area contributed by atoms with Crippen molar-refractivity contribution in [3.63, 3.8) is 0 Å². The lowest BCUT2D eigenvalue weighted by Crippen LogP contribution is -2.49. The number of unbranched alkanes of at least 4 members (excludes halogenated alkanes) is 3. The Balaban J connectivity index is 3.70. The Labute approximate surface area is 143 Å². The summed E-state index contributed by atoms with van der Waals surface area (Å²) in [5.74, 6) is 0. The van der Waals surface area contributed by atoms with E-state index in [4.69, 9.17) is 0 Å². The highest BCUT2D eigenvalue weighted by Gasteiger charge is 2.26. The molecule has 0 radical (unpaired) electrons. The molecule has 4 heteroatoms. The molecule has 134 valence electrons. The molecule has 0 aromatic carbocycles. The molecular weight excluding hydrogens is 300 g/mol. The third kappa shape index (κ3) is 7.76. The molecule has 0 aromatic heterocycles. The molecule has 0 saturated carbocycles. The zero-order valence-electron chi connectivity index (χ0n) is 16.5. The molecule has 0 heterocycles. The highest BCUT2D eigenvalue weighted by Crippen LogP contribution is 2.17. The molecule has 0 aliphatic carbocycles. The van der Waals surface area contributed by atoms with E-state index < -0.39 is 16.5 Å². The van der Waals surface area contributed by atoms with Gasteiger partial charge in [0, 0.05) is 0 Å². The van der Waals surface area contributed by atoms with Gasteiger partial charge in [0.2, 0.25) is 0 Å². The zero-order chi connectivity index (χ0) is 16.9. The average molecular weight is 345 g/mol. The Morgan fingerprint density at radius 2 is 0.727 bits per heavy atom. The van der Waals surface area contributed by atoms with Gasteiger partial charge in [-0.15, -0.1) is 0 Å². The summed E-state index contributed by atoms with van der Waals surface area (Å²) in [5.41, 5.74) is 0. The summed E-state index contributed by atoms with van der Waals surface area (Å²) in [4.78, 5) is 7.91. The van der Waals surface area contributed by atoms with Gasteiger partial charge in [0.15, 0.2) is 0 Å². The fraction of sp³-hybridized carbons (Fsp3) is 1.00. The van der Waals surface area contributed by atoms with E-state index in [1.165, 1.54) is 75.0 Å². The summed E-state index contributed by atoms with van der Waals surface area (Å²) < 4.78 is 0. The first-order chi connectivity index (χ1) is 10.6. The maximum absolute atomic E-state index is 3.95. The Morgan fingerprint density at radius 3 is 0.955 bits per heavy atom. The van der Waals surface area contributed by atoms with E-state index in [9.17, 15) is 0 Å². The van der Waals surface area contributed by atoms with Crippen LogP contribution in [0.15, 0.2) is 0 Å². The van der Waals surface area contributed by atoms with Crippen molar-refractivity contribution in [1.29, 1.82) is 0 Å². The maximum Gasteiger partial charge on any atom is 0.124 e. The first-order valence-corrected chi connectivity index (χ1v) is 15.3. The molecule has 0 atom stereocenters. The molecule has 0 bridgehead atoms. The Hall–Kier alpha value is 0.354. The van der Waals surface area contributed by atoms with Crippen LogP contribution in [0.4, 0.5) is 0 Å². The second kappa shape index (κ2) is 12.7. The van der Waals surface area contributed by atoms with Crippen molar-refractivity contribution < 1.29 is 0 Å². The lowest BCUT2D eigenvalue weighted by atomic mass is 10.2. The van der Waals surface area contributed by atoms with Crippen LogP contribution < -0.4 is 9.96 Å². The second-order valence-corrected chi connectivity index (χ2v) is 17.0. The summed E-state index contributed by atoms with van der Waals surface area (Å²) in [7, 11) is -2.18. The van der Waals surface area contributed by atoms with Gasteiger partial charge in [-0.1, -0.05) is 54.4 Å². The van der Waals surface area contributed by atoms with Crippen molar-refractivity contribution in [1.82, 2.24) is 9.96 Å². The minimum atomic E-state index is -1.09. The van der Waals surface area contributed by atoms with E-state index in [2.05, 4.69) is 51.5 Å². The minimum Gasteiger partial charge on any atom is -0.337 e. The molecule has 2 N–H and O–H groups in total. The molecule has 0 rings (SSSR count). The summed E-state index contributed by atoms with van der Waals surface area (Å²) in [5, 5.41) is 0. The molecule has 0 saturated heterocycles. The molecule has 0 aliphatic heterocycles. The lowest BCUT2D eigenvalue weighted by molar-refractivity contribution is 0.620. The predicted octanol–water partition coefficient (Wildman–Crippen LogP) is 5.74. The highest BCUT2D eigenvalue weighted by molar-refractivity contribution is 6.77. The van der Waals surface area contributed by atoms with Gasteiger partial charge in [-0.05, 0) is 62.2 Å². The van der Waals surface area contributed by atoms with Crippen molar-refractivity contribution in [2.75, 3.05) is 13.1 Å². The fourth-order valence-electron chi connectivity index (χ4n) is 3.56. The van der Waals surface area contributed by atoms with Crippen LogP contribution in [0.5, 0.6) is 0 Å². The van der Waals surface area contributed by atoms with Crippen LogP contribution in [0, 0.1) is 0 Å². The van der Waals surface area contributed by atoms with Crippen molar-refractivity contribution in [2.45, 2.75) is 103 Å². The standard InChI is InChI=1S/C18H44N2Si2/c1-7-21(8-2,9-3)19-17-15-13-14-16-18-20-22(10-4,11-5)12-6/h19-20H,7-18H2,1-6H3. The zero-order valence-corrected chi connectivity index (χ0v) is 18.5. The van der Waals surface area contributed by atoms with Crippen LogP contribution in [0.1, 0.15) is 67.2 Å². The van der Waals surface area contributed by atoms with Crippen LogP contribution >= 0.6 is 0 Å². The Morgan fingerprint density at radius 1 is 0.455 bits per heavy atom. The molecule has 2 nitrogen and oxygen atoms in total. The first kappa shape index (κ1) is 22.4. The normalized spacial score (nSPS) is 12.8. The van der Waals surface area contributed by atoms with E-state index in [0.29, 0.717) is 0 Å². The first-order valence-electron chi connectivity index (χ1n) is 10.1. The largest absolute Gasteiger partial charge is 0.337 e. The monoisotopic (exact) mass is 344 g/mol. The van der Waals surface area contributed by atoms with Gasteiger partial charge in [0.05, 0.1) is 0 Å². The summed E-state index contributed by atoms with van der Waals surface area (Å²) in [6.07, 6.45) is 5.53. The third-order valence-electron chi connectivity index (χ3n) is 6.16. The lowest BCUT2D eigenvalue weighted by Gasteiger charge is -2.29. The van der Waals surface area contributed by atoms with Gasteiger partial charge in [0.25, 0.3) is 0 Å². The summed E-state index contributed by atoms with van der Waals surface area (Å²) in [6, 6.07) is 8.34. The number of hydrogen-bond donors (Lipinski definition) is 2. The van der Waals surface area contributed by atoms with Crippen LogP contribution in [0.2, 0.25) is 36.3 Å². The predicted molar refractivity (Wildman–Crippen MR) is 109 cm³/mol.